The van der Waals surface area contributed by atoms with E-state index in [2.05, 4.69) is 15.6 Å². The molecule has 2 aromatic rings. The molecule has 0 spiro atoms. The predicted molar refractivity (Wildman–Crippen MR) is 81.3 cm³/mol. The number of hydrogen-bond donors (Lipinski definition) is 0. The molecule has 2 fully saturated rings. The number of thioether (sulfide) groups is 1. The molecule has 0 amide bonds. The Balaban J connectivity index is 1.83. The first-order chi connectivity index (χ1) is 9.93. The SMILES string of the molecule is c1cnc2c(c1)nc(C1CCSC1)n2C1CCCOC1. The second-order valence-corrected chi connectivity index (χ2v) is 6.77. The van der Waals surface area contributed by atoms with Crippen molar-refractivity contribution in [3.8, 4) is 0 Å². The first kappa shape index (κ1) is 12.7. The Morgan fingerprint density at radius 3 is 3.15 bits per heavy atom. The molecule has 0 bridgehead atoms. The lowest BCUT2D eigenvalue weighted by Crippen LogP contribution is -2.24. The third-order valence-corrected chi connectivity index (χ3v) is 5.43. The van der Waals surface area contributed by atoms with Gasteiger partial charge in [0.05, 0.1) is 12.6 Å². The van der Waals surface area contributed by atoms with Crippen LogP contribution in [-0.4, -0.2) is 39.3 Å². The molecule has 2 saturated heterocycles. The molecule has 0 saturated carbocycles. The van der Waals surface area contributed by atoms with E-state index in [0.29, 0.717) is 12.0 Å². The smallest absolute Gasteiger partial charge is 0.160 e. The quantitative estimate of drug-likeness (QED) is 0.852. The highest BCUT2D eigenvalue weighted by molar-refractivity contribution is 7.99. The van der Waals surface area contributed by atoms with Crippen molar-refractivity contribution in [3.05, 3.63) is 24.2 Å². The molecule has 4 heterocycles. The monoisotopic (exact) mass is 289 g/mol. The molecule has 0 radical (unpaired) electrons. The summed E-state index contributed by atoms with van der Waals surface area (Å²) >= 11 is 2.04. The van der Waals surface area contributed by atoms with Gasteiger partial charge in [-0.25, -0.2) is 9.97 Å². The van der Waals surface area contributed by atoms with Crippen molar-refractivity contribution in [1.82, 2.24) is 14.5 Å². The van der Waals surface area contributed by atoms with E-state index in [1.54, 1.807) is 0 Å². The van der Waals surface area contributed by atoms with Gasteiger partial charge < -0.3 is 9.30 Å². The fourth-order valence-electron chi connectivity index (χ4n) is 3.26. The number of rotatable bonds is 2. The van der Waals surface area contributed by atoms with Crippen molar-refractivity contribution < 1.29 is 4.74 Å². The van der Waals surface area contributed by atoms with Crippen LogP contribution in [0.4, 0.5) is 0 Å². The summed E-state index contributed by atoms with van der Waals surface area (Å²) in [6, 6.07) is 4.46. The van der Waals surface area contributed by atoms with Crippen LogP contribution < -0.4 is 0 Å². The van der Waals surface area contributed by atoms with E-state index < -0.39 is 0 Å². The second kappa shape index (κ2) is 5.37. The lowest BCUT2D eigenvalue weighted by Gasteiger charge is -2.26. The van der Waals surface area contributed by atoms with E-state index in [1.165, 1.54) is 30.2 Å². The van der Waals surface area contributed by atoms with Gasteiger partial charge in [-0.15, -0.1) is 0 Å². The molecule has 2 aliphatic rings. The summed E-state index contributed by atoms with van der Waals surface area (Å²) in [7, 11) is 0. The third kappa shape index (κ3) is 2.13. The summed E-state index contributed by atoms with van der Waals surface area (Å²) in [5.74, 6) is 4.26. The van der Waals surface area contributed by atoms with Crippen LogP contribution >= 0.6 is 11.8 Å². The Kier molecular flexibility index (Phi) is 3.40. The minimum Gasteiger partial charge on any atom is -0.379 e. The number of nitrogens with zero attached hydrogens (tertiary/aromatic N) is 3. The Bertz CT molecular complexity index is 600. The number of ether oxygens (including phenoxy) is 1. The van der Waals surface area contributed by atoms with Crippen molar-refractivity contribution in [2.75, 3.05) is 24.7 Å². The number of hydrogen-bond acceptors (Lipinski definition) is 4. The zero-order chi connectivity index (χ0) is 13.4. The molecule has 20 heavy (non-hydrogen) atoms. The van der Waals surface area contributed by atoms with Crippen LogP contribution in [0.3, 0.4) is 0 Å². The van der Waals surface area contributed by atoms with Gasteiger partial charge in [-0.2, -0.15) is 11.8 Å². The highest BCUT2D eigenvalue weighted by Crippen LogP contribution is 2.36. The largest absolute Gasteiger partial charge is 0.379 e. The van der Waals surface area contributed by atoms with Gasteiger partial charge in [0.1, 0.15) is 11.3 Å². The van der Waals surface area contributed by atoms with Gasteiger partial charge >= 0.3 is 0 Å². The summed E-state index contributed by atoms with van der Waals surface area (Å²) in [4.78, 5) is 9.49. The molecule has 0 N–H and O–H groups in total. The van der Waals surface area contributed by atoms with Crippen molar-refractivity contribution in [1.29, 1.82) is 0 Å². The molecule has 2 aromatic heterocycles. The first-order valence-electron chi connectivity index (χ1n) is 7.42. The Morgan fingerprint density at radius 2 is 2.35 bits per heavy atom. The topological polar surface area (TPSA) is 39.9 Å². The fraction of sp³-hybridized carbons (Fsp3) is 0.600. The van der Waals surface area contributed by atoms with Gasteiger partial charge in [-0.05, 0) is 37.1 Å². The van der Waals surface area contributed by atoms with Gasteiger partial charge in [0.15, 0.2) is 5.65 Å². The molecule has 4 rings (SSSR count). The van der Waals surface area contributed by atoms with Gasteiger partial charge in [-0.1, -0.05) is 0 Å². The van der Waals surface area contributed by atoms with Crippen LogP contribution in [-0.2, 0) is 4.74 Å². The normalized spacial score (nSPS) is 27.2. The highest BCUT2D eigenvalue weighted by Gasteiger charge is 2.28. The van der Waals surface area contributed by atoms with Crippen LogP contribution in [0.2, 0.25) is 0 Å². The zero-order valence-electron chi connectivity index (χ0n) is 11.5. The first-order valence-corrected chi connectivity index (χ1v) is 8.57. The predicted octanol–water partition coefficient (Wildman–Crippen LogP) is 3.00. The number of fused-ring (bicyclic) bond motifs is 1. The van der Waals surface area contributed by atoms with E-state index >= 15 is 0 Å². The third-order valence-electron chi connectivity index (χ3n) is 4.27. The summed E-state index contributed by atoms with van der Waals surface area (Å²) in [6.45, 7) is 1.69. The summed E-state index contributed by atoms with van der Waals surface area (Å²) < 4.78 is 8.07. The molecule has 4 nitrogen and oxygen atoms in total. The van der Waals surface area contributed by atoms with Gasteiger partial charge in [-0.3, -0.25) is 0 Å². The minimum atomic E-state index is 0.407. The number of pyridine rings is 1. The number of imidazole rings is 1. The molecule has 2 unspecified atom stereocenters. The maximum Gasteiger partial charge on any atom is 0.160 e. The van der Waals surface area contributed by atoms with Crippen molar-refractivity contribution in [3.63, 3.8) is 0 Å². The number of aromatic nitrogens is 3. The van der Waals surface area contributed by atoms with Gasteiger partial charge in [0, 0.05) is 24.5 Å². The molecule has 0 aliphatic carbocycles. The van der Waals surface area contributed by atoms with Crippen LogP contribution in [0.5, 0.6) is 0 Å². The molecular formula is C15H19N3OS. The standard InChI is InChI=1S/C15H19N3OS/c1-4-13-15(16-6-1)18(12-3-2-7-19-9-12)14(17-13)11-5-8-20-10-11/h1,4,6,11-12H,2-3,5,7-10H2. The van der Waals surface area contributed by atoms with Gasteiger partial charge in [0.25, 0.3) is 0 Å². The second-order valence-electron chi connectivity index (χ2n) is 5.62. The van der Waals surface area contributed by atoms with Gasteiger partial charge in [0.2, 0.25) is 0 Å². The summed E-state index contributed by atoms with van der Waals surface area (Å²) in [5, 5.41) is 0. The van der Waals surface area contributed by atoms with E-state index in [1.807, 2.05) is 24.0 Å². The van der Waals surface area contributed by atoms with E-state index in [0.717, 1.165) is 30.8 Å². The van der Waals surface area contributed by atoms with E-state index in [9.17, 15) is 0 Å². The molecule has 5 heteroatoms. The molecule has 0 aromatic carbocycles. The highest BCUT2D eigenvalue weighted by atomic mass is 32.2. The average molecular weight is 289 g/mol. The maximum atomic E-state index is 5.69. The Labute approximate surface area is 122 Å². The molecule has 2 aliphatic heterocycles. The zero-order valence-corrected chi connectivity index (χ0v) is 12.3. The van der Waals surface area contributed by atoms with Crippen molar-refractivity contribution >= 4 is 22.9 Å². The molecule has 2 atom stereocenters. The average Bonchev–Trinajstić information content (AvgIpc) is 3.15. The van der Waals surface area contributed by atoms with Crippen LogP contribution in [0, 0.1) is 0 Å². The van der Waals surface area contributed by atoms with E-state index in [-0.39, 0.29) is 0 Å². The Morgan fingerprint density at radius 1 is 1.35 bits per heavy atom. The minimum absolute atomic E-state index is 0.407. The Hall–Kier alpha value is -1.07. The van der Waals surface area contributed by atoms with Crippen LogP contribution in [0.15, 0.2) is 18.3 Å². The fourth-order valence-corrected chi connectivity index (χ4v) is 4.48. The van der Waals surface area contributed by atoms with E-state index in [4.69, 9.17) is 9.72 Å². The van der Waals surface area contributed by atoms with Crippen LogP contribution in [0.1, 0.15) is 37.0 Å². The molecular weight excluding hydrogens is 270 g/mol. The summed E-state index contributed by atoms with van der Waals surface area (Å²) in [6.07, 6.45) is 5.42. The molecule has 106 valence electrons. The van der Waals surface area contributed by atoms with Crippen molar-refractivity contribution in [2.24, 2.45) is 0 Å². The lowest BCUT2D eigenvalue weighted by molar-refractivity contribution is 0.0591. The summed E-state index contributed by atoms with van der Waals surface area (Å²) in [5.41, 5.74) is 2.07. The maximum absolute atomic E-state index is 5.69. The lowest BCUT2D eigenvalue weighted by atomic mass is 10.1. The van der Waals surface area contributed by atoms with Crippen molar-refractivity contribution in [2.45, 2.75) is 31.2 Å². The van der Waals surface area contributed by atoms with Crippen LogP contribution in [0.25, 0.3) is 11.2 Å².